The van der Waals surface area contributed by atoms with E-state index in [4.69, 9.17) is 15.3 Å². The molecule has 1 unspecified atom stereocenters. The van der Waals surface area contributed by atoms with Gasteiger partial charge in [-0.1, -0.05) is 0 Å². The number of hydrogen-bond acceptors (Lipinski definition) is 6. The van der Waals surface area contributed by atoms with Gasteiger partial charge in [-0.05, 0) is 0 Å². The third-order valence-electron chi connectivity index (χ3n) is 1.50. The number of thiazole rings is 1. The van der Waals surface area contributed by atoms with E-state index in [2.05, 4.69) is 4.98 Å². The molecule has 13 heavy (non-hydrogen) atoms. The van der Waals surface area contributed by atoms with Gasteiger partial charge in [-0.3, -0.25) is 0 Å². The fraction of sp³-hybridized carbons (Fsp3) is 0.571. The van der Waals surface area contributed by atoms with Crippen LogP contribution in [0, 0.1) is 0 Å². The quantitative estimate of drug-likeness (QED) is 0.624. The van der Waals surface area contributed by atoms with Gasteiger partial charge >= 0.3 is 0 Å². The standard InChI is InChI=1S/C7H12N2O3S/c1-9(2-5(11)3-10)7-8-6(12)4-13-7/h4-5,10-12H,2-3H2,1H3. The van der Waals surface area contributed by atoms with Crippen LogP contribution in [0.5, 0.6) is 5.88 Å². The molecular weight excluding hydrogens is 192 g/mol. The Balaban J connectivity index is 2.53. The van der Waals surface area contributed by atoms with Gasteiger partial charge in [0.25, 0.3) is 0 Å². The number of nitrogens with zero attached hydrogens (tertiary/aromatic N) is 2. The maximum Gasteiger partial charge on any atom is 0.223 e. The van der Waals surface area contributed by atoms with Crippen LogP contribution in [0.3, 0.4) is 0 Å². The molecule has 0 spiro atoms. The number of hydrogen-bond donors (Lipinski definition) is 3. The summed E-state index contributed by atoms with van der Waals surface area (Å²) in [6, 6.07) is 0. The first-order valence-electron chi connectivity index (χ1n) is 3.78. The molecule has 0 bridgehead atoms. The molecule has 0 aliphatic heterocycles. The second kappa shape index (κ2) is 4.40. The molecule has 6 heteroatoms. The molecule has 0 saturated heterocycles. The third kappa shape index (κ3) is 2.83. The van der Waals surface area contributed by atoms with Crippen LogP contribution < -0.4 is 4.90 Å². The van der Waals surface area contributed by atoms with Gasteiger partial charge < -0.3 is 20.2 Å². The number of rotatable bonds is 4. The monoisotopic (exact) mass is 204 g/mol. The minimum absolute atomic E-state index is 0.0228. The molecular formula is C7H12N2O3S. The van der Waals surface area contributed by atoms with Crippen molar-refractivity contribution < 1.29 is 15.3 Å². The Labute approximate surface area is 79.9 Å². The molecule has 74 valence electrons. The van der Waals surface area contributed by atoms with Crippen LogP contribution in [-0.4, -0.2) is 46.6 Å². The van der Waals surface area contributed by atoms with Crippen molar-refractivity contribution in [1.82, 2.24) is 4.98 Å². The first kappa shape index (κ1) is 10.2. The molecule has 1 atom stereocenters. The summed E-state index contributed by atoms with van der Waals surface area (Å²) in [4.78, 5) is 5.48. The number of anilines is 1. The molecule has 0 fully saturated rings. The van der Waals surface area contributed by atoms with E-state index in [0.29, 0.717) is 11.7 Å². The maximum absolute atomic E-state index is 9.12. The van der Waals surface area contributed by atoms with Crippen LogP contribution in [0.2, 0.25) is 0 Å². The van der Waals surface area contributed by atoms with Crippen LogP contribution in [0.4, 0.5) is 5.13 Å². The van der Waals surface area contributed by atoms with E-state index < -0.39 is 6.10 Å². The highest BCUT2D eigenvalue weighted by atomic mass is 32.1. The highest BCUT2D eigenvalue weighted by Gasteiger charge is 2.10. The lowest BCUT2D eigenvalue weighted by molar-refractivity contribution is 0.101. The highest BCUT2D eigenvalue weighted by Crippen LogP contribution is 2.22. The average molecular weight is 204 g/mol. The van der Waals surface area contributed by atoms with E-state index >= 15 is 0 Å². The smallest absolute Gasteiger partial charge is 0.223 e. The summed E-state index contributed by atoms with van der Waals surface area (Å²) in [7, 11) is 1.73. The normalized spacial score (nSPS) is 12.8. The molecule has 3 N–H and O–H groups in total. The number of likely N-dealkylation sites (N-methyl/N-ethyl adjacent to an activating group) is 1. The fourth-order valence-electron chi connectivity index (χ4n) is 0.883. The molecule has 0 radical (unpaired) electrons. The summed E-state index contributed by atoms with van der Waals surface area (Å²) in [6.45, 7) is 0.0190. The number of aliphatic hydroxyl groups excluding tert-OH is 2. The van der Waals surface area contributed by atoms with E-state index in [9.17, 15) is 0 Å². The zero-order chi connectivity index (χ0) is 9.84. The van der Waals surface area contributed by atoms with Gasteiger partial charge in [0, 0.05) is 13.6 Å². The minimum atomic E-state index is -0.781. The van der Waals surface area contributed by atoms with E-state index in [1.165, 1.54) is 16.7 Å². The second-order valence-electron chi connectivity index (χ2n) is 2.71. The van der Waals surface area contributed by atoms with Crippen molar-refractivity contribution in [2.45, 2.75) is 6.10 Å². The average Bonchev–Trinajstić information content (AvgIpc) is 2.51. The molecule has 0 aromatic carbocycles. The lowest BCUT2D eigenvalue weighted by Gasteiger charge is -2.17. The summed E-state index contributed by atoms with van der Waals surface area (Å²) >= 11 is 1.28. The molecule has 1 rings (SSSR count). The molecule has 0 aliphatic carbocycles. The Morgan fingerprint density at radius 1 is 1.69 bits per heavy atom. The molecule has 5 nitrogen and oxygen atoms in total. The minimum Gasteiger partial charge on any atom is -0.493 e. The van der Waals surface area contributed by atoms with Gasteiger partial charge in [0.15, 0.2) is 5.13 Å². The highest BCUT2D eigenvalue weighted by molar-refractivity contribution is 7.13. The maximum atomic E-state index is 9.12. The molecule has 0 aliphatic rings. The van der Waals surface area contributed by atoms with Crippen molar-refractivity contribution in [3.63, 3.8) is 0 Å². The topological polar surface area (TPSA) is 76.8 Å². The summed E-state index contributed by atoms with van der Waals surface area (Å²) in [5.41, 5.74) is 0. The first-order valence-corrected chi connectivity index (χ1v) is 4.66. The summed E-state index contributed by atoms with van der Waals surface area (Å²) in [5, 5.41) is 28.8. The summed E-state index contributed by atoms with van der Waals surface area (Å²) in [6.07, 6.45) is -0.781. The predicted octanol–water partition coefficient (Wildman–Crippen LogP) is -0.362. The second-order valence-corrected chi connectivity index (χ2v) is 3.54. The van der Waals surface area contributed by atoms with Crippen LogP contribution in [0.25, 0.3) is 0 Å². The molecule has 1 heterocycles. The predicted molar refractivity (Wildman–Crippen MR) is 50.1 cm³/mol. The summed E-state index contributed by atoms with van der Waals surface area (Å²) in [5.74, 6) is -0.0228. The molecule has 1 aromatic rings. The van der Waals surface area contributed by atoms with Gasteiger partial charge in [0.1, 0.15) is 0 Å². The molecule has 0 saturated carbocycles. The van der Waals surface area contributed by atoms with Crippen molar-refractivity contribution in [1.29, 1.82) is 0 Å². The van der Waals surface area contributed by atoms with Crippen LogP contribution in [0.15, 0.2) is 5.38 Å². The van der Waals surface area contributed by atoms with Crippen molar-refractivity contribution in [2.24, 2.45) is 0 Å². The van der Waals surface area contributed by atoms with Gasteiger partial charge in [0.05, 0.1) is 18.1 Å². The van der Waals surface area contributed by atoms with Crippen molar-refractivity contribution in [3.05, 3.63) is 5.38 Å². The lowest BCUT2D eigenvalue weighted by atomic mass is 10.4. The first-order chi connectivity index (χ1) is 6.13. The Hall–Kier alpha value is -0.850. The lowest BCUT2D eigenvalue weighted by Crippen LogP contribution is -2.31. The zero-order valence-corrected chi connectivity index (χ0v) is 8.03. The SMILES string of the molecule is CN(CC(O)CO)c1nc(O)cs1. The van der Waals surface area contributed by atoms with Crippen LogP contribution >= 0.6 is 11.3 Å². The number of aliphatic hydroxyl groups is 2. The number of aromatic nitrogens is 1. The Kier molecular flexibility index (Phi) is 3.47. The molecule has 1 aromatic heterocycles. The van der Waals surface area contributed by atoms with Crippen LogP contribution in [0.1, 0.15) is 0 Å². The van der Waals surface area contributed by atoms with E-state index in [-0.39, 0.29) is 12.5 Å². The van der Waals surface area contributed by atoms with Gasteiger partial charge in [0.2, 0.25) is 5.88 Å². The Morgan fingerprint density at radius 2 is 2.38 bits per heavy atom. The summed E-state index contributed by atoms with van der Waals surface area (Å²) < 4.78 is 0. The fourth-order valence-corrected chi connectivity index (χ4v) is 1.55. The zero-order valence-electron chi connectivity index (χ0n) is 7.21. The van der Waals surface area contributed by atoms with Crippen molar-refractivity contribution in [2.75, 3.05) is 25.1 Å². The third-order valence-corrected chi connectivity index (χ3v) is 2.44. The Morgan fingerprint density at radius 3 is 2.85 bits per heavy atom. The van der Waals surface area contributed by atoms with E-state index in [1.54, 1.807) is 11.9 Å². The van der Waals surface area contributed by atoms with Gasteiger partial charge in [-0.2, -0.15) is 4.98 Å². The molecule has 0 amide bonds. The largest absolute Gasteiger partial charge is 0.493 e. The van der Waals surface area contributed by atoms with Crippen molar-refractivity contribution >= 4 is 16.5 Å². The van der Waals surface area contributed by atoms with E-state index in [0.717, 1.165) is 0 Å². The van der Waals surface area contributed by atoms with E-state index in [1.807, 2.05) is 0 Å². The van der Waals surface area contributed by atoms with Gasteiger partial charge in [-0.25, -0.2) is 0 Å². The Bertz CT molecular complexity index is 266. The van der Waals surface area contributed by atoms with Crippen molar-refractivity contribution in [3.8, 4) is 5.88 Å². The van der Waals surface area contributed by atoms with Gasteiger partial charge in [-0.15, -0.1) is 11.3 Å². The number of aromatic hydroxyl groups is 1. The van der Waals surface area contributed by atoms with Crippen LogP contribution in [-0.2, 0) is 0 Å².